The summed E-state index contributed by atoms with van der Waals surface area (Å²) in [5, 5.41) is 2.42. The van der Waals surface area contributed by atoms with Crippen molar-refractivity contribution in [2.45, 2.75) is 77.7 Å². The van der Waals surface area contributed by atoms with Crippen LogP contribution in [0.4, 0.5) is 0 Å². The predicted molar refractivity (Wildman–Crippen MR) is 127 cm³/mol. The largest absolute Gasteiger partial charge is 0.340 e. The summed E-state index contributed by atoms with van der Waals surface area (Å²) in [7, 11) is 0. The first kappa shape index (κ1) is 21.1. The van der Waals surface area contributed by atoms with Crippen LogP contribution in [0.15, 0.2) is 36.4 Å². The Morgan fingerprint density at radius 2 is 1.10 bits per heavy atom. The molecule has 2 aromatic carbocycles. The van der Waals surface area contributed by atoms with Gasteiger partial charge in [-0.2, -0.15) is 0 Å². The molecule has 1 heterocycles. The molecule has 0 unspecified atom stereocenters. The molecule has 0 saturated heterocycles. The van der Waals surface area contributed by atoms with Crippen LogP contribution < -0.4 is 0 Å². The topological polar surface area (TPSA) is 4.93 Å². The van der Waals surface area contributed by atoms with Crippen LogP contribution >= 0.6 is 0 Å². The van der Waals surface area contributed by atoms with E-state index < -0.39 is 0 Å². The van der Waals surface area contributed by atoms with E-state index in [1.54, 1.807) is 0 Å². The van der Waals surface area contributed by atoms with Crippen LogP contribution in [0, 0.1) is 24.7 Å². The van der Waals surface area contributed by atoms with Crippen LogP contribution in [0.1, 0.15) is 82.3 Å². The predicted octanol–water partition coefficient (Wildman–Crippen LogP) is 7.68. The number of unbranched alkanes of at least 4 members (excludes halogenated alkanes) is 9. The van der Waals surface area contributed by atoms with Crippen molar-refractivity contribution in [1.29, 1.82) is 0 Å². The number of fused-ring (bicyclic) bond motifs is 3. The average molecular weight is 384 g/mol. The van der Waals surface area contributed by atoms with Crippen LogP contribution in [0.5, 0.6) is 0 Å². The van der Waals surface area contributed by atoms with Crippen molar-refractivity contribution in [1.82, 2.24) is 4.57 Å². The maximum Gasteiger partial charge on any atom is 0.0492 e. The van der Waals surface area contributed by atoms with Crippen LogP contribution in [0.3, 0.4) is 0 Å². The fourth-order valence-electron chi connectivity index (χ4n) is 4.28. The van der Waals surface area contributed by atoms with Gasteiger partial charge in [-0.25, -0.2) is 0 Å². The molecule has 0 radical (unpaired) electrons. The smallest absolute Gasteiger partial charge is 0.0492 e. The van der Waals surface area contributed by atoms with Gasteiger partial charge in [0.05, 0.1) is 0 Å². The summed E-state index contributed by atoms with van der Waals surface area (Å²) >= 11 is 0. The lowest BCUT2D eigenvalue weighted by Crippen LogP contribution is -1.98. The zero-order valence-electron chi connectivity index (χ0n) is 17.8. The number of hydrogen-bond donors (Lipinski definition) is 0. The molecular formula is C28H33N. The molecule has 1 nitrogen and oxygen atoms in total. The van der Waals surface area contributed by atoms with Crippen molar-refractivity contribution >= 4 is 21.8 Å². The Morgan fingerprint density at radius 3 is 1.55 bits per heavy atom. The summed E-state index contributed by atoms with van der Waals surface area (Å²) < 4.78 is 2.44. The number of aryl methyl sites for hydroxylation is 1. The maximum atomic E-state index is 5.63. The Kier molecular flexibility index (Phi) is 7.84. The minimum Gasteiger partial charge on any atom is -0.340 e. The van der Waals surface area contributed by atoms with Crippen LogP contribution in [0.25, 0.3) is 21.8 Å². The van der Waals surface area contributed by atoms with E-state index in [0.717, 1.165) is 17.7 Å². The first-order valence-electron chi connectivity index (χ1n) is 11.3. The van der Waals surface area contributed by atoms with E-state index in [9.17, 15) is 0 Å². The van der Waals surface area contributed by atoms with Gasteiger partial charge in [-0.15, -0.1) is 12.8 Å². The van der Waals surface area contributed by atoms with Gasteiger partial charge in [-0.1, -0.05) is 76.6 Å². The molecule has 0 aliphatic rings. The fraction of sp³-hybridized carbons (Fsp3) is 0.429. The number of benzene rings is 2. The summed E-state index contributed by atoms with van der Waals surface area (Å²) in [5.74, 6) is 5.52. The van der Waals surface area contributed by atoms with Crippen molar-refractivity contribution < 1.29 is 0 Å². The van der Waals surface area contributed by atoms with Gasteiger partial charge in [-0.05, 0) is 42.8 Å². The van der Waals surface area contributed by atoms with Gasteiger partial charge in [0.15, 0.2) is 0 Å². The normalized spacial score (nSPS) is 11.0. The summed E-state index contributed by atoms with van der Waals surface area (Å²) in [4.78, 5) is 0. The second-order valence-electron chi connectivity index (χ2n) is 8.09. The lowest BCUT2D eigenvalue weighted by atomic mass is 10.1. The second kappa shape index (κ2) is 10.8. The highest BCUT2D eigenvalue weighted by atomic mass is 15.0. The Hall–Kier alpha value is -2.64. The lowest BCUT2D eigenvalue weighted by Gasteiger charge is -2.08. The first-order valence-corrected chi connectivity index (χ1v) is 11.3. The SMILES string of the molecule is C#Cc1ccc2c(c1)c1cc(C#C)ccc1n2CCCCCCCCCCCC. The summed E-state index contributed by atoms with van der Waals surface area (Å²) in [6, 6.07) is 12.6. The molecule has 0 atom stereocenters. The quantitative estimate of drug-likeness (QED) is 0.236. The standard InChI is InChI=1S/C28H33N/c1-4-7-8-9-10-11-12-13-14-15-20-29-27-18-16-23(5-2)21-25(27)26-22-24(6-3)17-19-28(26)29/h2-3,16-19,21-22H,4,7-15,20H2,1H3. The highest BCUT2D eigenvalue weighted by molar-refractivity contribution is 6.08. The molecule has 0 spiro atoms. The first-order chi connectivity index (χ1) is 14.3. The van der Waals surface area contributed by atoms with Crippen molar-refractivity contribution in [2.24, 2.45) is 0 Å². The number of terminal acetylenes is 2. The van der Waals surface area contributed by atoms with Gasteiger partial charge in [0.1, 0.15) is 0 Å². The zero-order valence-corrected chi connectivity index (χ0v) is 17.8. The van der Waals surface area contributed by atoms with E-state index >= 15 is 0 Å². The molecule has 150 valence electrons. The van der Waals surface area contributed by atoms with Crippen LogP contribution in [-0.4, -0.2) is 4.57 Å². The Morgan fingerprint density at radius 1 is 0.655 bits per heavy atom. The fourth-order valence-corrected chi connectivity index (χ4v) is 4.28. The third-order valence-electron chi connectivity index (χ3n) is 5.93. The van der Waals surface area contributed by atoms with Crippen molar-refractivity contribution in [2.75, 3.05) is 0 Å². The Balaban J connectivity index is 1.63. The van der Waals surface area contributed by atoms with Gasteiger partial charge in [0.25, 0.3) is 0 Å². The van der Waals surface area contributed by atoms with E-state index in [-0.39, 0.29) is 0 Å². The van der Waals surface area contributed by atoms with Gasteiger partial charge < -0.3 is 4.57 Å². The third-order valence-corrected chi connectivity index (χ3v) is 5.93. The number of rotatable bonds is 11. The molecule has 0 amide bonds. The summed E-state index contributed by atoms with van der Waals surface area (Å²) in [5.41, 5.74) is 4.34. The van der Waals surface area contributed by atoms with Crippen LogP contribution in [0.2, 0.25) is 0 Å². The van der Waals surface area contributed by atoms with Crippen LogP contribution in [-0.2, 0) is 6.54 Å². The Labute approximate surface area is 176 Å². The number of hydrogen-bond acceptors (Lipinski definition) is 0. The molecule has 0 fully saturated rings. The van der Waals surface area contributed by atoms with Crippen molar-refractivity contribution in [3.63, 3.8) is 0 Å². The second-order valence-corrected chi connectivity index (χ2v) is 8.09. The van der Waals surface area contributed by atoms with Gasteiger partial charge >= 0.3 is 0 Å². The van der Waals surface area contributed by atoms with E-state index in [2.05, 4.69) is 47.6 Å². The molecule has 0 aliphatic heterocycles. The molecule has 0 bridgehead atoms. The molecule has 1 heteroatoms. The summed E-state index contributed by atoms with van der Waals surface area (Å²) in [6.45, 7) is 3.32. The Bertz CT molecular complexity index is 951. The van der Waals surface area contributed by atoms with Gasteiger partial charge in [0.2, 0.25) is 0 Å². The lowest BCUT2D eigenvalue weighted by molar-refractivity contribution is 0.541. The molecule has 3 aromatic rings. The van der Waals surface area contributed by atoms with Gasteiger partial charge in [-0.3, -0.25) is 0 Å². The van der Waals surface area contributed by atoms with Crippen molar-refractivity contribution in [3.8, 4) is 24.7 Å². The highest BCUT2D eigenvalue weighted by Crippen LogP contribution is 2.31. The number of nitrogens with zero attached hydrogens (tertiary/aromatic N) is 1. The molecule has 0 N–H and O–H groups in total. The molecule has 0 saturated carbocycles. The highest BCUT2D eigenvalue weighted by Gasteiger charge is 2.11. The van der Waals surface area contributed by atoms with E-state index in [1.807, 2.05) is 12.1 Å². The van der Waals surface area contributed by atoms with E-state index in [0.29, 0.717) is 0 Å². The zero-order chi connectivity index (χ0) is 20.5. The van der Waals surface area contributed by atoms with Gasteiger partial charge in [0, 0.05) is 39.5 Å². The molecule has 29 heavy (non-hydrogen) atoms. The molecule has 3 rings (SSSR count). The monoisotopic (exact) mass is 383 g/mol. The van der Waals surface area contributed by atoms with E-state index in [1.165, 1.54) is 86.0 Å². The average Bonchev–Trinajstić information content (AvgIpc) is 3.07. The minimum absolute atomic E-state index is 0.918. The maximum absolute atomic E-state index is 5.63. The third kappa shape index (κ3) is 5.25. The minimum atomic E-state index is 0.918. The molecular weight excluding hydrogens is 350 g/mol. The molecule has 0 aliphatic carbocycles. The molecule has 1 aromatic heterocycles. The van der Waals surface area contributed by atoms with Crippen molar-refractivity contribution in [3.05, 3.63) is 47.5 Å². The summed E-state index contributed by atoms with van der Waals surface area (Å²) in [6.07, 6.45) is 24.8. The van der Waals surface area contributed by atoms with E-state index in [4.69, 9.17) is 12.8 Å². The number of aromatic nitrogens is 1.